The van der Waals surface area contributed by atoms with Gasteiger partial charge in [-0.25, -0.2) is 0 Å². The highest BCUT2D eigenvalue weighted by molar-refractivity contribution is 5.94. The molecule has 4 nitrogen and oxygen atoms in total. The first-order valence-corrected chi connectivity index (χ1v) is 9.81. The molecule has 0 aromatic carbocycles. The molecule has 0 aromatic heterocycles. The van der Waals surface area contributed by atoms with Crippen LogP contribution < -0.4 is 0 Å². The molecule has 1 saturated carbocycles. The lowest BCUT2D eigenvalue weighted by Crippen LogP contribution is -2.15. The van der Waals surface area contributed by atoms with Gasteiger partial charge in [0.25, 0.3) is 0 Å². The van der Waals surface area contributed by atoms with E-state index in [2.05, 4.69) is 6.92 Å². The lowest BCUT2D eigenvalue weighted by Gasteiger charge is -2.15. The molecule has 4 heteroatoms. The number of aliphatic hydroxyl groups is 1. The number of aliphatic carboxylic acids is 1. The van der Waals surface area contributed by atoms with Gasteiger partial charge in [0.2, 0.25) is 0 Å². The zero-order valence-electron chi connectivity index (χ0n) is 15.3. The fourth-order valence-corrected chi connectivity index (χ4v) is 3.92. The third-order valence-corrected chi connectivity index (χ3v) is 5.66. The molecule has 1 fully saturated rings. The molecular weight excluding hydrogens is 316 g/mol. The number of hydrogen-bond acceptors (Lipinski definition) is 3. The monoisotopic (exact) mass is 348 g/mol. The Hall–Kier alpha value is -1.42. The predicted molar refractivity (Wildman–Crippen MR) is 98.1 cm³/mol. The molecule has 25 heavy (non-hydrogen) atoms. The van der Waals surface area contributed by atoms with Gasteiger partial charge in [0.15, 0.2) is 5.78 Å². The van der Waals surface area contributed by atoms with Gasteiger partial charge in [0.05, 0.1) is 6.10 Å². The van der Waals surface area contributed by atoms with Crippen LogP contribution in [0.25, 0.3) is 0 Å². The third kappa shape index (κ3) is 6.77. The average Bonchev–Trinajstić information content (AvgIpc) is 3.23. The molecular formula is C21H32O4. The molecule has 0 saturated heterocycles. The number of unbranched alkanes of at least 4 members (excludes halogenated alkanes) is 3. The van der Waals surface area contributed by atoms with Crippen molar-refractivity contribution in [3.8, 4) is 0 Å². The minimum absolute atomic E-state index is 0.00719. The van der Waals surface area contributed by atoms with E-state index in [1.54, 1.807) is 6.08 Å². The Balaban J connectivity index is 1.68. The summed E-state index contributed by atoms with van der Waals surface area (Å²) in [7, 11) is 0. The highest BCUT2D eigenvalue weighted by Gasteiger charge is 2.36. The highest BCUT2D eigenvalue weighted by atomic mass is 16.4. The summed E-state index contributed by atoms with van der Waals surface area (Å²) >= 11 is 0. The first kappa shape index (κ1) is 19.9. The number of allylic oxidation sites excluding steroid dienone is 3. The van der Waals surface area contributed by atoms with Gasteiger partial charge >= 0.3 is 5.97 Å². The highest BCUT2D eigenvalue weighted by Crippen LogP contribution is 2.44. The molecule has 0 amide bonds. The number of hydrogen-bond donors (Lipinski definition) is 2. The van der Waals surface area contributed by atoms with Gasteiger partial charge < -0.3 is 10.2 Å². The van der Waals surface area contributed by atoms with Crippen molar-refractivity contribution in [2.24, 2.45) is 23.7 Å². The maximum atomic E-state index is 12.0. The molecule has 140 valence electrons. The smallest absolute Gasteiger partial charge is 0.303 e. The fraction of sp³-hybridized carbons (Fsp3) is 0.714. The zero-order valence-corrected chi connectivity index (χ0v) is 15.3. The summed E-state index contributed by atoms with van der Waals surface area (Å²) in [5.74, 6) is 1.00. The van der Waals surface area contributed by atoms with Crippen molar-refractivity contribution in [2.45, 2.75) is 70.8 Å². The molecule has 0 heterocycles. The molecule has 0 radical (unpaired) electrons. The number of carbonyl (C=O) groups is 2. The van der Waals surface area contributed by atoms with Crippen molar-refractivity contribution < 1.29 is 19.8 Å². The van der Waals surface area contributed by atoms with Crippen molar-refractivity contribution in [3.63, 3.8) is 0 Å². The number of ketones is 1. The minimum Gasteiger partial charge on any atom is -0.481 e. The summed E-state index contributed by atoms with van der Waals surface area (Å²) in [4.78, 5) is 22.5. The second-order valence-electron chi connectivity index (χ2n) is 7.64. The Morgan fingerprint density at radius 1 is 1.28 bits per heavy atom. The van der Waals surface area contributed by atoms with Crippen LogP contribution in [0.3, 0.4) is 0 Å². The van der Waals surface area contributed by atoms with E-state index < -0.39 is 12.1 Å². The topological polar surface area (TPSA) is 74.6 Å². The summed E-state index contributed by atoms with van der Waals surface area (Å²) in [5, 5.41) is 18.8. The average molecular weight is 348 g/mol. The Morgan fingerprint density at radius 3 is 2.72 bits per heavy atom. The molecule has 2 rings (SSSR count). The lowest BCUT2D eigenvalue weighted by molar-refractivity contribution is -0.137. The normalized spacial score (nSPS) is 29.4. The molecule has 0 bridgehead atoms. The third-order valence-electron chi connectivity index (χ3n) is 5.66. The number of carbonyl (C=O) groups excluding carboxylic acids is 1. The summed E-state index contributed by atoms with van der Waals surface area (Å²) < 4.78 is 0. The molecule has 3 unspecified atom stereocenters. The van der Waals surface area contributed by atoms with E-state index in [9.17, 15) is 14.7 Å². The summed E-state index contributed by atoms with van der Waals surface area (Å²) in [6.07, 6.45) is 15.0. The van der Waals surface area contributed by atoms with E-state index in [1.165, 1.54) is 12.8 Å². The number of rotatable bonds is 12. The number of aliphatic hydroxyl groups excluding tert-OH is 1. The quantitative estimate of drug-likeness (QED) is 0.411. The van der Waals surface area contributed by atoms with Gasteiger partial charge in [-0.15, -0.1) is 0 Å². The number of carboxylic acids is 1. The Labute approximate surface area is 151 Å². The molecule has 0 spiro atoms. The van der Waals surface area contributed by atoms with Crippen LogP contribution >= 0.6 is 0 Å². The second-order valence-corrected chi connectivity index (χ2v) is 7.64. The van der Waals surface area contributed by atoms with Gasteiger partial charge in [-0.05, 0) is 43.6 Å². The zero-order chi connectivity index (χ0) is 18.2. The van der Waals surface area contributed by atoms with Gasteiger partial charge in [-0.3, -0.25) is 9.59 Å². The summed E-state index contributed by atoms with van der Waals surface area (Å²) in [5.41, 5.74) is 0. The first-order valence-electron chi connectivity index (χ1n) is 9.81. The first-order chi connectivity index (χ1) is 12.0. The van der Waals surface area contributed by atoms with E-state index in [-0.39, 0.29) is 24.0 Å². The molecule has 0 aromatic rings. The van der Waals surface area contributed by atoms with Crippen LogP contribution in [0.4, 0.5) is 0 Å². The van der Waals surface area contributed by atoms with E-state index in [4.69, 9.17) is 5.11 Å². The Kier molecular flexibility index (Phi) is 7.89. The minimum atomic E-state index is -0.740. The van der Waals surface area contributed by atoms with Crippen molar-refractivity contribution in [3.05, 3.63) is 24.3 Å². The number of carboxylic acid groups (broad SMARTS) is 1. The van der Waals surface area contributed by atoms with Crippen LogP contribution in [0.2, 0.25) is 0 Å². The predicted octanol–water partition coefficient (Wildman–Crippen LogP) is 4.14. The second kappa shape index (κ2) is 9.91. The van der Waals surface area contributed by atoms with Gasteiger partial charge in [0.1, 0.15) is 0 Å². The molecule has 2 N–H and O–H groups in total. The maximum Gasteiger partial charge on any atom is 0.303 e. The van der Waals surface area contributed by atoms with E-state index in [0.29, 0.717) is 12.3 Å². The van der Waals surface area contributed by atoms with E-state index in [0.717, 1.165) is 38.0 Å². The van der Waals surface area contributed by atoms with Crippen LogP contribution in [-0.2, 0) is 9.59 Å². The van der Waals surface area contributed by atoms with Crippen molar-refractivity contribution in [1.82, 2.24) is 0 Å². The van der Waals surface area contributed by atoms with E-state index >= 15 is 0 Å². The van der Waals surface area contributed by atoms with Crippen LogP contribution in [0, 0.1) is 23.7 Å². The van der Waals surface area contributed by atoms with Gasteiger partial charge in [-0.1, -0.05) is 50.8 Å². The van der Waals surface area contributed by atoms with Crippen molar-refractivity contribution in [2.75, 3.05) is 0 Å². The van der Waals surface area contributed by atoms with Gasteiger partial charge in [-0.2, -0.15) is 0 Å². The van der Waals surface area contributed by atoms with Crippen molar-refractivity contribution in [1.29, 1.82) is 0 Å². The molecule has 0 aliphatic heterocycles. The fourth-order valence-electron chi connectivity index (χ4n) is 3.92. The van der Waals surface area contributed by atoms with Crippen LogP contribution in [0.15, 0.2) is 24.3 Å². The molecule has 2 aliphatic carbocycles. The van der Waals surface area contributed by atoms with Crippen LogP contribution in [-0.4, -0.2) is 28.1 Å². The van der Waals surface area contributed by atoms with Crippen molar-refractivity contribution >= 4 is 11.8 Å². The van der Waals surface area contributed by atoms with E-state index in [1.807, 2.05) is 18.2 Å². The lowest BCUT2D eigenvalue weighted by atomic mass is 9.88. The SMILES string of the molecule is CCC1CC1CC(O)/C=C/[C@H]1C=CC(=O)[C@@H]1CCCCCCC(=O)O. The van der Waals surface area contributed by atoms with Gasteiger partial charge in [0, 0.05) is 18.3 Å². The summed E-state index contributed by atoms with van der Waals surface area (Å²) in [6, 6.07) is 0. The molecule has 5 atom stereocenters. The Bertz CT molecular complexity index is 508. The Morgan fingerprint density at radius 2 is 2.04 bits per heavy atom. The molecule has 2 aliphatic rings. The maximum absolute atomic E-state index is 12.0. The standard InChI is InChI=1S/C21H32O4/c1-2-15-13-17(15)14-18(22)11-9-16-10-12-20(23)19(16)7-5-3-4-6-8-21(24)25/h9-12,15-19,22H,2-8,13-14H2,1H3,(H,24,25)/b11-9+/t15?,16-,17?,18?,19+/m0/s1. The largest absolute Gasteiger partial charge is 0.481 e. The van der Waals surface area contributed by atoms with Crippen LogP contribution in [0.5, 0.6) is 0 Å². The summed E-state index contributed by atoms with van der Waals surface area (Å²) in [6.45, 7) is 2.20. The van der Waals surface area contributed by atoms with Crippen LogP contribution in [0.1, 0.15) is 64.7 Å².